The van der Waals surface area contributed by atoms with Crippen LogP contribution in [-0.2, 0) is 0 Å². The molecule has 0 bridgehead atoms. The largest absolute Gasteiger partial charge is 0.308 e. The number of rotatable bonds is 6. The van der Waals surface area contributed by atoms with Crippen molar-refractivity contribution in [2.45, 2.75) is 0 Å². The molecule has 0 fully saturated rings. The molecule has 63 heavy (non-hydrogen) atoms. The van der Waals surface area contributed by atoms with Gasteiger partial charge in [-0.05, 0) is 59.7 Å². The fourth-order valence-electron chi connectivity index (χ4n) is 9.45. The number of benzene rings is 9. The Morgan fingerprint density at radius 2 is 0.603 bits per heavy atom. The Labute approximate surface area is 366 Å². The topological polar surface area (TPSA) is 48.5 Å². The molecule has 0 atom stereocenters. The van der Waals surface area contributed by atoms with Crippen LogP contribution in [0.2, 0.25) is 0 Å². The van der Waals surface area contributed by atoms with Gasteiger partial charge in [0.1, 0.15) is 0 Å². The van der Waals surface area contributed by atoms with Crippen LogP contribution in [0.1, 0.15) is 0 Å². The third kappa shape index (κ3) is 5.66. The molecule has 5 nitrogen and oxygen atoms in total. The Hall–Kier alpha value is -8.19. The fraction of sp³-hybridized carbons (Fsp3) is 0. The van der Waals surface area contributed by atoms with Gasteiger partial charge in [-0.25, -0.2) is 15.0 Å². The van der Waals surface area contributed by atoms with E-state index in [2.05, 4.69) is 161 Å². The van der Waals surface area contributed by atoms with Crippen LogP contribution in [0.5, 0.6) is 0 Å². The molecule has 0 aliphatic rings. The molecule has 4 heterocycles. The molecule has 9 aromatic carbocycles. The van der Waals surface area contributed by atoms with Crippen molar-refractivity contribution < 1.29 is 0 Å². The molecule has 0 saturated carbocycles. The maximum absolute atomic E-state index is 5.02. The first kappa shape index (κ1) is 35.6. The summed E-state index contributed by atoms with van der Waals surface area (Å²) in [4.78, 5) is 14.9. The van der Waals surface area contributed by atoms with Crippen LogP contribution < -0.4 is 0 Å². The van der Waals surface area contributed by atoms with Gasteiger partial charge in [-0.15, -0.1) is 11.3 Å². The molecule has 6 heteroatoms. The fourth-order valence-corrected chi connectivity index (χ4v) is 10.8. The summed E-state index contributed by atoms with van der Waals surface area (Å²) in [5.41, 5.74) is 12.3. The van der Waals surface area contributed by atoms with Crippen molar-refractivity contribution in [2.24, 2.45) is 0 Å². The standard InChI is InChI=1S/C57H35N5S/c1-4-14-36(15-5-1)37-24-28-41(29-25-37)61-49-22-12-10-20-43(49)45-32-34-47-48-35-33-46-44-21-11-13-23-50(44)62(52(46)54(48)63-53(47)51(45)61)42-30-26-40(27-31-42)57-59-55(38-16-6-2-7-17-38)58-56(60-57)39-18-8-3-9-19-39/h1-35H. The number of fused-ring (bicyclic) bond motifs is 11. The van der Waals surface area contributed by atoms with Gasteiger partial charge in [0.15, 0.2) is 17.5 Å². The summed E-state index contributed by atoms with van der Waals surface area (Å²) in [5, 5.41) is 7.50. The minimum atomic E-state index is 0.637. The molecule has 294 valence electrons. The van der Waals surface area contributed by atoms with Crippen molar-refractivity contribution in [3.8, 4) is 56.7 Å². The van der Waals surface area contributed by atoms with E-state index in [-0.39, 0.29) is 0 Å². The van der Waals surface area contributed by atoms with Gasteiger partial charge in [-0.3, -0.25) is 0 Å². The van der Waals surface area contributed by atoms with Gasteiger partial charge in [0, 0.05) is 60.4 Å². The van der Waals surface area contributed by atoms with Crippen molar-refractivity contribution in [2.75, 3.05) is 0 Å². The van der Waals surface area contributed by atoms with Crippen LogP contribution in [0.25, 0.3) is 120 Å². The number of aromatic nitrogens is 5. The second-order valence-electron chi connectivity index (χ2n) is 16.0. The van der Waals surface area contributed by atoms with Gasteiger partial charge in [-0.2, -0.15) is 0 Å². The van der Waals surface area contributed by atoms with Crippen molar-refractivity contribution in [3.05, 3.63) is 212 Å². The summed E-state index contributed by atoms with van der Waals surface area (Å²) in [6.45, 7) is 0. The van der Waals surface area contributed by atoms with Crippen LogP contribution in [0, 0.1) is 0 Å². The highest BCUT2D eigenvalue weighted by molar-refractivity contribution is 7.27. The number of hydrogen-bond donors (Lipinski definition) is 0. The Balaban J connectivity index is 1.01. The van der Waals surface area contributed by atoms with E-state index in [1.165, 1.54) is 74.9 Å². The summed E-state index contributed by atoms with van der Waals surface area (Å²) < 4.78 is 7.46. The van der Waals surface area contributed by atoms with Gasteiger partial charge >= 0.3 is 0 Å². The van der Waals surface area contributed by atoms with Crippen molar-refractivity contribution in [1.82, 2.24) is 24.1 Å². The lowest BCUT2D eigenvalue weighted by molar-refractivity contribution is 1.07. The Morgan fingerprint density at radius 1 is 0.270 bits per heavy atom. The summed E-state index contributed by atoms with van der Waals surface area (Å²) in [6, 6.07) is 75.5. The summed E-state index contributed by atoms with van der Waals surface area (Å²) in [6.07, 6.45) is 0. The third-order valence-electron chi connectivity index (χ3n) is 12.4. The number of hydrogen-bond acceptors (Lipinski definition) is 4. The molecule has 13 aromatic rings. The van der Waals surface area contributed by atoms with Gasteiger partial charge in [-0.1, -0.05) is 164 Å². The van der Waals surface area contributed by atoms with Crippen molar-refractivity contribution in [1.29, 1.82) is 0 Å². The average Bonchev–Trinajstić information content (AvgIpc) is 4.03. The summed E-state index contributed by atoms with van der Waals surface area (Å²) in [5.74, 6) is 1.93. The molecule has 0 aliphatic heterocycles. The zero-order valence-corrected chi connectivity index (χ0v) is 34.7. The molecule has 0 unspecified atom stereocenters. The van der Waals surface area contributed by atoms with Crippen molar-refractivity contribution >= 4 is 75.1 Å². The van der Waals surface area contributed by atoms with Gasteiger partial charge in [0.25, 0.3) is 0 Å². The predicted octanol–water partition coefficient (Wildman–Crippen LogP) is 15.1. The van der Waals surface area contributed by atoms with Crippen LogP contribution in [-0.4, -0.2) is 24.1 Å². The SMILES string of the molecule is c1ccc(-c2ccc(-n3c4ccccc4c4ccc5c6ccc7c8ccccc8n(-c8ccc(-c9nc(-c%10ccccc%10)nc(-c%10ccccc%10)n9)cc8)c7c6sc5c43)cc2)cc1. The predicted molar refractivity (Wildman–Crippen MR) is 263 cm³/mol. The Bertz CT molecular complexity index is 3810. The maximum Gasteiger partial charge on any atom is 0.164 e. The number of para-hydroxylation sites is 2. The van der Waals surface area contributed by atoms with Crippen LogP contribution in [0.15, 0.2) is 212 Å². The molecule has 0 saturated heterocycles. The molecule has 13 rings (SSSR count). The smallest absolute Gasteiger partial charge is 0.164 e. The lowest BCUT2D eigenvalue weighted by Gasteiger charge is -2.11. The minimum Gasteiger partial charge on any atom is -0.308 e. The Morgan fingerprint density at radius 3 is 1.05 bits per heavy atom. The molecule has 0 amide bonds. The highest BCUT2D eigenvalue weighted by atomic mass is 32.1. The van der Waals surface area contributed by atoms with Gasteiger partial charge < -0.3 is 9.13 Å². The van der Waals surface area contributed by atoms with Crippen molar-refractivity contribution in [3.63, 3.8) is 0 Å². The Kier molecular flexibility index (Phi) is 8.01. The molecular formula is C57H35N5S. The van der Waals surface area contributed by atoms with E-state index in [0.717, 1.165) is 28.1 Å². The first-order valence-corrected chi connectivity index (χ1v) is 22.0. The van der Waals surface area contributed by atoms with E-state index in [1.54, 1.807) is 0 Å². The first-order valence-electron chi connectivity index (χ1n) is 21.2. The quantitative estimate of drug-likeness (QED) is 0.168. The zero-order valence-electron chi connectivity index (χ0n) is 33.9. The highest BCUT2D eigenvalue weighted by Gasteiger charge is 2.22. The molecule has 0 spiro atoms. The van der Waals surface area contributed by atoms with Gasteiger partial charge in [0.2, 0.25) is 0 Å². The van der Waals surface area contributed by atoms with Crippen LogP contribution in [0.4, 0.5) is 0 Å². The molecular weight excluding hydrogens is 787 g/mol. The highest BCUT2D eigenvalue weighted by Crippen LogP contribution is 2.47. The van der Waals surface area contributed by atoms with Crippen LogP contribution >= 0.6 is 11.3 Å². The molecule has 0 radical (unpaired) electrons. The summed E-state index contributed by atoms with van der Waals surface area (Å²) >= 11 is 1.90. The molecule has 4 aromatic heterocycles. The lowest BCUT2D eigenvalue weighted by atomic mass is 10.1. The summed E-state index contributed by atoms with van der Waals surface area (Å²) in [7, 11) is 0. The van der Waals surface area contributed by atoms with E-state index in [0.29, 0.717) is 17.5 Å². The third-order valence-corrected chi connectivity index (χ3v) is 13.6. The zero-order chi connectivity index (χ0) is 41.4. The van der Waals surface area contributed by atoms with Crippen LogP contribution in [0.3, 0.4) is 0 Å². The average molecular weight is 822 g/mol. The van der Waals surface area contributed by atoms with E-state index in [4.69, 9.17) is 15.0 Å². The number of nitrogens with zero attached hydrogens (tertiary/aromatic N) is 5. The van der Waals surface area contributed by atoms with Gasteiger partial charge in [0.05, 0.1) is 31.5 Å². The van der Waals surface area contributed by atoms with E-state index >= 15 is 0 Å². The minimum absolute atomic E-state index is 0.637. The van der Waals surface area contributed by atoms with E-state index in [9.17, 15) is 0 Å². The number of thiophene rings is 1. The molecule has 0 N–H and O–H groups in total. The normalized spacial score (nSPS) is 11.8. The molecule has 0 aliphatic carbocycles. The van der Waals surface area contributed by atoms with E-state index < -0.39 is 0 Å². The van der Waals surface area contributed by atoms with E-state index in [1.807, 2.05) is 72.0 Å². The second kappa shape index (κ2) is 14.2. The monoisotopic (exact) mass is 821 g/mol. The lowest BCUT2D eigenvalue weighted by Crippen LogP contribution is -2.00. The second-order valence-corrected chi connectivity index (χ2v) is 17.0. The first-order chi connectivity index (χ1) is 31.2. The maximum atomic E-state index is 5.02.